The number of likely N-dealkylation sites (tertiary alicyclic amines) is 1. The maximum atomic E-state index is 13.7. The van der Waals surface area contributed by atoms with Crippen molar-refractivity contribution in [1.29, 1.82) is 0 Å². The number of carbonyl (C=O) groups excluding carboxylic acids is 2. The summed E-state index contributed by atoms with van der Waals surface area (Å²) in [6.07, 6.45) is 1.77. The van der Waals surface area contributed by atoms with Gasteiger partial charge in [0, 0.05) is 30.5 Å². The molecule has 0 bridgehead atoms. The number of rotatable bonds is 9. The molecule has 1 saturated heterocycles. The highest BCUT2D eigenvalue weighted by Gasteiger charge is 2.41. The number of Topliss-reactive ketones (excluding diaryl/α,β-unsaturated/α-hetero) is 1. The average molecular weight is 699 g/mol. The molecule has 6 aromatic rings. The van der Waals surface area contributed by atoms with Crippen LogP contribution in [0.4, 0.5) is 4.79 Å². The lowest BCUT2D eigenvalue weighted by Crippen LogP contribution is -2.40. The fourth-order valence-electron chi connectivity index (χ4n) is 7.00. The average Bonchev–Trinajstić information content (AvgIpc) is 3.48. The van der Waals surface area contributed by atoms with Crippen LogP contribution < -0.4 is 0 Å². The molecule has 1 aromatic heterocycles. The molecule has 1 aliphatic rings. The predicted octanol–water partition coefficient (Wildman–Crippen LogP) is 9.26. The second-order valence-electron chi connectivity index (χ2n) is 12.4. The standard InChI is InChI=1S/C41H36BrN3O3/c42-39-36-27-32(38(46)26-31-16-13-25-44(28-31)40(47)48-29-30-14-5-1-6-15-30)23-24-37(36)45(43-39)41(33-17-7-2-8-18-33,34-19-9-3-10-20-34)35-21-11-4-12-22-35/h1-12,14-15,17-24,27,31H,13,16,25-26,28-29H2. The molecule has 6 nitrogen and oxygen atoms in total. The number of aromatic nitrogens is 2. The summed E-state index contributed by atoms with van der Waals surface area (Å²) in [4.78, 5) is 28.3. The van der Waals surface area contributed by atoms with Gasteiger partial charge >= 0.3 is 6.09 Å². The SMILES string of the molecule is O=C(CC1CCCN(C(=O)OCc2ccccc2)C1)c1ccc2c(c1)c(Br)nn2C(c1ccccc1)(c1ccccc1)c1ccccc1. The number of hydrogen-bond donors (Lipinski definition) is 0. The Balaban J connectivity index is 1.18. The van der Waals surface area contributed by atoms with Gasteiger partial charge in [-0.25, -0.2) is 9.48 Å². The van der Waals surface area contributed by atoms with Gasteiger partial charge in [0.05, 0.1) is 5.52 Å². The number of amides is 1. The Morgan fingerprint density at radius 1 is 0.771 bits per heavy atom. The van der Waals surface area contributed by atoms with Gasteiger partial charge in [-0.15, -0.1) is 0 Å². The van der Waals surface area contributed by atoms with Crippen molar-refractivity contribution in [3.8, 4) is 0 Å². The fraction of sp³-hybridized carbons (Fsp3) is 0.195. The van der Waals surface area contributed by atoms with Gasteiger partial charge in [-0.2, -0.15) is 5.10 Å². The van der Waals surface area contributed by atoms with Crippen LogP contribution in [0.25, 0.3) is 10.9 Å². The highest BCUT2D eigenvalue weighted by molar-refractivity contribution is 9.10. The van der Waals surface area contributed by atoms with Gasteiger partial charge in [0.1, 0.15) is 16.7 Å². The molecule has 0 saturated carbocycles. The Morgan fingerprint density at radius 2 is 1.33 bits per heavy atom. The minimum Gasteiger partial charge on any atom is -0.445 e. The van der Waals surface area contributed by atoms with E-state index in [-0.39, 0.29) is 24.4 Å². The van der Waals surface area contributed by atoms with E-state index >= 15 is 0 Å². The number of hydrogen-bond acceptors (Lipinski definition) is 4. The lowest BCUT2D eigenvalue weighted by molar-refractivity contribution is 0.0735. The van der Waals surface area contributed by atoms with Crippen molar-refractivity contribution in [1.82, 2.24) is 14.7 Å². The lowest BCUT2D eigenvalue weighted by atomic mass is 9.77. The van der Waals surface area contributed by atoms with Crippen LogP contribution >= 0.6 is 15.9 Å². The molecule has 48 heavy (non-hydrogen) atoms. The largest absolute Gasteiger partial charge is 0.445 e. The first-order chi connectivity index (χ1) is 23.5. The second-order valence-corrected chi connectivity index (χ2v) is 13.1. The smallest absolute Gasteiger partial charge is 0.410 e. The van der Waals surface area contributed by atoms with E-state index in [4.69, 9.17) is 9.84 Å². The molecule has 2 heterocycles. The maximum absolute atomic E-state index is 13.7. The highest BCUT2D eigenvalue weighted by Crippen LogP contribution is 2.43. The van der Waals surface area contributed by atoms with Crippen molar-refractivity contribution in [3.05, 3.63) is 172 Å². The summed E-state index contributed by atoms with van der Waals surface area (Å²) in [7, 11) is 0. The number of benzene rings is 5. The second kappa shape index (κ2) is 14.0. The quantitative estimate of drug-likeness (QED) is 0.112. The lowest BCUT2D eigenvalue weighted by Gasteiger charge is -2.37. The Morgan fingerprint density at radius 3 is 1.92 bits per heavy atom. The van der Waals surface area contributed by atoms with E-state index in [1.807, 2.05) is 66.7 Å². The minimum atomic E-state index is -0.778. The van der Waals surface area contributed by atoms with Gasteiger partial charge in [0.25, 0.3) is 0 Å². The number of fused-ring (bicyclic) bond motifs is 1. The molecule has 1 unspecified atom stereocenters. The van der Waals surface area contributed by atoms with Crippen LogP contribution in [0.3, 0.4) is 0 Å². The van der Waals surface area contributed by atoms with E-state index in [1.165, 1.54) is 0 Å². The summed E-state index contributed by atoms with van der Waals surface area (Å²) in [5.41, 5.74) is 4.93. The number of nitrogens with zero attached hydrogens (tertiary/aromatic N) is 3. The van der Waals surface area contributed by atoms with Crippen LogP contribution in [0.2, 0.25) is 0 Å². The van der Waals surface area contributed by atoms with Crippen molar-refractivity contribution >= 4 is 38.7 Å². The summed E-state index contributed by atoms with van der Waals surface area (Å²) in [5, 5.41) is 6.00. The molecule has 0 N–H and O–H groups in total. The van der Waals surface area contributed by atoms with E-state index in [1.54, 1.807) is 4.90 Å². The summed E-state index contributed by atoms with van der Waals surface area (Å²) >= 11 is 3.76. The van der Waals surface area contributed by atoms with Gasteiger partial charge in [-0.3, -0.25) is 4.79 Å². The number of piperidine rings is 1. The number of ether oxygens (including phenoxy) is 1. The van der Waals surface area contributed by atoms with E-state index in [9.17, 15) is 9.59 Å². The first-order valence-electron chi connectivity index (χ1n) is 16.4. The molecule has 1 amide bonds. The zero-order chi connectivity index (χ0) is 32.9. The summed E-state index contributed by atoms with van der Waals surface area (Å²) in [6.45, 7) is 1.39. The molecule has 1 aliphatic heterocycles. The van der Waals surface area contributed by atoms with Crippen LogP contribution in [-0.4, -0.2) is 39.6 Å². The molecule has 7 rings (SSSR count). The Kier molecular flexibility index (Phi) is 9.21. The molecular formula is C41H36BrN3O3. The molecule has 1 atom stereocenters. The van der Waals surface area contributed by atoms with Crippen molar-refractivity contribution in [2.75, 3.05) is 13.1 Å². The van der Waals surface area contributed by atoms with E-state index in [0.29, 0.717) is 29.7 Å². The van der Waals surface area contributed by atoms with E-state index in [0.717, 1.165) is 46.0 Å². The first-order valence-corrected chi connectivity index (χ1v) is 17.2. The Bertz CT molecular complexity index is 1920. The predicted molar refractivity (Wildman–Crippen MR) is 192 cm³/mol. The van der Waals surface area contributed by atoms with Gasteiger partial charge in [-0.1, -0.05) is 121 Å². The van der Waals surface area contributed by atoms with Crippen LogP contribution in [0.15, 0.2) is 144 Å². The third kappa shape index (κ3) is 6.18. The first kappa shape index (κ1) is 31.6. The van der Waals surface area contributed by atoms with Crippen LogP contribution in [0, 0.1) is 5.92 Å². The fourth-order valence-corrected chi connectivity index (χ4v) is 7.48. The van der Waals surface area contributed by atoms with Crippen LogP contribution in [0.1, 0.15) is 51.9 Å². The van der Waals surface area contributed by atoms with Crippen molar-refractivity contribution < 1.29 is 14.3 Å². The molecule has 0 aliphatic carbocycles. The summed E-state index contributed by atoms with van der Waals surface area (Å²) in [5.74, 6) is 0.126. The number of ketones is 1. The number of carbonyl (C=O) groups is 2. The molecule has 240 valence electrons. The van der Waals surface area contributed by atoms with Crippen LogP contribution in [0.5, 0.6) is 0 Å². The third-order valence-corrected chi connectivity index (χ3v) is 9.89. The monoisotopic (exact) mass is 697 g/mol. The Hall–Kier alpha value is -5.01. The van der Waals surface area contributed by atoms with Crippen molar-refractivity contribution in [2.24, 2.45) is 5.92 Å². The van der Waals surface area contributed by atoms with E-state index < -0.39 is 5.54 Å². The molecule has 0 radical (unpaired) electrons. The van der Waals surface area contributed by atoms with Gasteiger partial charge < -0.3 is 9.64 Å². The minimum absolute atomic E-state index is 0.0569. The van der Waals surface area contributed by atoms with Crippen molar-refractivity contribution in [3.63, 3.8) is 0 Å². The topological polar surface area (TPSA) is 64.4 Å². The summed E-state index contributed by atoms with van der Waals surface area (Å²) < 4.78 is 8.33. The Labute approximate surface area is 289 Å². The molecular weight excluding hydrogens is 662 g/mol. The number of halogens is 1. The van der Waals surface area contributed by atoms with Crippen molar-refractivity contribution in [2.45, 2.75) is 31.4 Å². The molecule has 0 spiro atoms. The zero-order valence-corrected chi connectivity index (χ0v) is 28.1. The van der Waals surface area contributed by atoms with Crippen LogP contribution in [-0.2, 0) is 16.9 Å². The summed E-state index contributed by atoms with van der Waals surface area (Å²) in [6, 6.07) is 46.8. The normalized spacial score (nSPS) is 14.9. The van der Waals surface area contributed by atoms with Gasteiger partial charge in [-0.05, 0) is 75.1 Å². The maximum Gasteiger partial charge on any atom is 0.410 e. The molecule has 1 fully saturated rings. The highest BCUT2D eigenvalue weighted by atomic mass is 79.9. The van der Waals surface area contributed by atoms with E-state index in [2.05, 4.69) is 93.4 Å². The molecule has 5 aromatic carbocycles. The molecule has 7 heteroatoms. The van der Waals surface area contributed by atoms with Gasteiger partial charge in [0.2, 0.25) is 0 Å². The zero-order valence-electron chi connectivity index (χ0n) is 26.5. The third-order valence-electron chi connectivity index (χ3n) is 9.31. The van der Waals surface area contributed by atoms with Gasteiger partial charge in [0.15, 0.2) is 5.78 Å².